The number of phenolic OH excluding ortho intramolecular Hbond substituents is 1. The van der Waals surface area contributed by atoms with Crippen LogP contribution in [0.25, 0.3) is 0 Å². The van der Waals surface area contributed by atoms with E-state index < -0.39 is 23.5 Å². The van der Waals surface area contributed by atoms with Gasteiger partial charge in [0.25, 0.3) is 5.92 Å². The lowest BCUT2D eigenvalue weighted by molar-refractivity contribution is -0.153. The molecule has 0 saturated heterocycles. The molecule has 0 aromatic heterocycles. The maximum absolute atomic E-state index is 13.6. The predicted octanol–water partition coefficient (Wildman–Crippen LogP) is 0.984. The highest BCUT2D eigenvalue weighted by Crippen LogP contribution is 2.32. The van der Waals surface area contributed by atoms with E-state index in [2.05, 4.69) is 4.74 Å². The molecule has 1 aromatic rings. The van der Waals surface area contributed by atoms with Gasteiger partial charge >= 0.3 is 5.97 Å². The van der Waals surface area contributed by atoms with Crippen LogP contribution in [0.15, 0.2) is 24.3 Å². The third-order valence-electron chi connectivity index (χ3n) is 2.08. The zero-order valence-electron chi connectivity index (χ0n) is 8.48. The van der Waals surface area contributed by atoms with Crippen LogP contribution in [0.5, 0.6) is 5.75 Å². The van der Waals surface area contributed by atoms with Gasteiger partial charge in [-0.3, -0.25) is 4.79 Å². The van der Waals surface area contributed by atoms with E-state index in [1.54, 1.807) is 0 Å². The molecule has 3 N–H and O–H groups in total. The molecule has 1 unspecified atom stereocenters. The number of alkyl halides is 2. The number of carbonyl (C=O) groups is 1. The maximum atomic E-state index is 13.6. The summed E-state index contributed by atoms with van der Waals surface area (Å²) in [4.78, 5) is 10.9. The molecular weight excluding hydrogens is 220 g/mol. The highest BCUT2D eigenvalue weighted by molar-refractivity contribution is 5.77. The molecule has 0 spiro atoms. The van der Waals surface area contributed by atoms with Gasteiger partial charge in [-0.25, -0.2) is 0 Å². The highest BCUT2D eigenvalue weighted by Gasteiger charge is 2.44. The molecule has 1 atom stereocenters. The van der Waals surface area contributed by atoms with Crippen LogP contribution < -0.4 is 5.73 Å². The van der Waals surface area contributed by atoms with E-state index >= 15 is 0 Å². The average Bonchev–Trinajstić information content (AvgIpc) is 2.27. The van der Waals surface area contributed by atoms with Crippen molar-refractivity contribution in [2.45, 2.75) is 12.0 Å². The van der Waals surface area contributed by atoms with Gasteiger partial charge in [0, 0.05) is 5.56 Å². The van der Waals surface area contributed by atoms with Crippen molar-refractivity contribution in [2.24, 2.45) is 5.73 Å². The Morgan fingerprint density at radius 1 is 1.56 bits per heavy atom. The summed E-state index contributed by atoms with van der Waals surface area (Å²) in [6, 6.07) is 2.30. The fourth-order valence-electron chi connectivity index (χ4n) is 1.17. The van der Waals surface area contributed by atoms with Gasteiger partial charge in [-0.1, -0.05) is 12.1 Å². The minimum absolute atomic E-state index is 0.325. The minimum Gasteiger partial charge on any atom is -0.508 e. The van der Waals surface area contributed by atoms with E-state index in [1.807, 2.05) is 0 Å². The molecule has 0 radical (unpaired) electrons. The molecule has 0 saturated carbocycles. The van der Waals surface area contributed by atoms with Crippen LogP contribution in [0.3, 0.4) is 0 Å². The predicted molar refractivity (Wildman–Crippen MR) is 52.0 cm³/mol. The molecular formula is C10H11F2NO3. The van der Waals surface area contributed by atoms with Crippen molar-refractivity contribution in [2.75, 3.05) is 7.11 Å². The van der Waals surface area contributed by atoms with Crippen LogP contribution in [-0.2, 0) is 15.5 Å². The number of aromatic hydroxyl groups is 1. The summed E-state index contributed by atoms with van der Waals surface area (Å²) in [5.41, 5.74) is 4.54. The Morgan fingerprint density at radius 3 is 2.69 bits per heavy atom. The van der Waals surface area contributed by atoms with Crippen molar-refractivity contribution in [3.8, 4) is 5.75 Å². The molecule has 0 heterocycles. The molecule has 88 valence electrons. The molecule has 16 heavy (non-hydrogen) atoms. The van der Waals surface area contributed by atoms with Crippen molar-refractivity contribution in [3.05, 3.63) is 29.8 Å². The number of carbonyl (C=O) groups excluding carboxylic acids is 1. The van der Waals surface area contributed by atoms with E-state index in [9.17, 15) is 13.6 Å². The third kappa shape index (κ3) is 2.27. The lowest BCUT2D eigenvalue weighted by Gasteiger charge is -2.21. The van der Waals surface area contributed by atoms with Gasteiger partial charge in [0.05, 0.1) is 7.11 Å². The van der Waals surface area contributed by atoms with Crippen LogP contribution in [0.4, 0.5) is 8.78 Å². The smallest absolute Gasteiger partial charge is 0.329 e. The monoisotopic (exact) mass is 231 g/mol. The number of halogens is 2. The van der Waals surface area contributed by atoms with Crippen LogP contribution in [0.2, 0.25) is 0 Å². The normalized spacial score (nSPS) is 13.2. The Bertz CT molecular complexity index is 395. The van der Waals surface area contributed by atoms with Crippen molar-refractivity contribution in [3.63, 3.8) is 0 Å². The van der Waals surface area contributed by atoms with Gasteiger partial charge < -0.3 is 15.6 Å². The number of ether oxygens (including phenoxy) is 1. The molecule has 6 heteroatoms. The van der Waals surface area contributed by atoms with E-state index in [4.69, 9.17) is 10.8 Å². The quantitative estimate of drug-likeness (QED) is 0.761. The average molecular weight is 231 g/mol. The van der Waals surface area contributed by atoms with Crippen LogP contribution in [0, 0.1) is 0 Å². The zero-order valence-corrected chi connectivity index (χ0v) is 8.48. The van der Waals surface area contributed by atoms with Gasteiger partial charge in [-0.15, -0.1) is 0 Å². The lowest BCUT2D eigenvalue weighted by atomic mass is 10.0. The molecule has 0 fully saturated rings. The van der Waals surface area contributed by atoms with Gasteiger partial charge in [-0.2, -0.15) is 8.78 Å². The largest absolute Gasteiger partial charge is 0.508 e. The second-order valence-corrected chi connectivity index (χ2v) is 3.17. The number of nitrogens with two attached hydrogens (primary N) is 1. The van der Waals surface area contributed by atoms with Gasteiger partial charge in [0.15, 0.2) is 6.04 Å². The Balaban J connectivity index is 3.05. The number of esters is 1. The third-order valence-corrected chi connectivity index (χ3v) is 2.08. The summed E-state index contributed by atoms with van der Waals surface area (Å²) in [5.74, 6) is -5.13. The summed E-state index contributed by atoms with van der Waals surface area (Å²) < 4.78 is 31.4. The molecule has 0 aliphatic heterocycles. The second kappa shape index (κ2) is 4.44. The molecule has 1 aromatic carbocycles. The Morgan fingerprint density at radius 2 is 2.19 bits per heavy atom. The number of hydrogen-bond acceptors (Lipinski definition) is 4. The molecule has 1 rings (SSSR count). The van der Waals surface area contributed by atoms with E-state index in [0.717, 1.165) is 19.2 Å². The first kappa shape index (κ1) is 12.4. The first-order valence-electron chi connectivity index (χ1n) is 4.40. The first-order chi connectivity index (χ1) is 7.39. The summed E-state index contributed by atoms with van der Waals surface area (Å²) in [7, 11) is 0.973. The number of rotatable bonds is 3. The molecule has 0 amide bonds. The van der Waals surface area contributed by atoms with E-state index in [-0.39, 0.29) is 5.75 Å². The summed E-state index contributed by atoms with van der Waals surface area (Å²) in [6.07, 6.45) is 0. The van der Waals surface area contributed by atoms with Crippen molar-refractivity contribution >= 4 is 5.97 Å². The molecule has 4 nitrogen and oxygen atoms in total. The van der Waals surface area contributed by atoms with Crippen LogP contribution >= 0.6 is 0 Å². The van der Waals surface area contributed by atoms with Gasteiger partial charge in [0.1, 0.15) is 5.75 Å². The van der Waals surface area contributed by atoms with Gasteiger partial charge in [-0.05, 0) is 12.1 Å². The van der Waals surface area contributed by atoms with Crippen molar-refractivity contribution in [1.82, 2.24) is 0 Å². The fourth-order valence-corrected chi connectivity index (χ4v) is 1.17. The SMILES string of the molecule is COC(=O)C(N)C(F)(F)c1cccc(O)c1. The van der Waals surface area contributed by atoms with Crippen molar-refractivity contribution in [1.29, 1.82) is 0 Å². The summed E-state index contributed by atoms with van der Waals surface area (Å²) >= 11 is 0. The topological polar surface area (TPSA) is 72.5 Å². The van der Waals surface area contributed by atoms with Gasteiger partial charge in [0.2, 0.25) is 0 Å². The zero-order chi connectivity index (χ0) is 12.3. The number of benzene rings is 1. The lowest BCUT2D eigenvalue weighted by Crippen LogP contribution is -2.45. The maximum Gasteiger partial charge on any atom is 0.329 e. The molecule has 0 aliphatic rings. The summed E-state index contributed by atoms with van der Waals surface area (Å²) in [6.45, 7) is 0. The Labute approximate surface area is 90.6 Å². The molecule has 0 bridgehead atoms. The minimum atomic E-state index is -3.59. The van der Waals surface area contributed by atoms with E-state index in [0.29, 0.717) is 0 Å². The number of methoxy groups -OCH3 is 1. The second-order valence-electron chi connectivity index (χ2n) is 3.17. The standard InChI is InChI=1S/C10H11F2NO3/c1-16-9(15)8(13)10(11,12)6-3-2-4-7(14)5-6/h2-5,8,14H,13H2,1H3. The highest BCUT2D eigenvalue weighted by atomic mass is 19.3. The van der Waals surface area contributed by atoms with Crippen LogP contribution in [-0.4, -0.2) is 24.2 Å². The fraction of sp³-hybridized carbons (Fsp3) is 0.300. The van der Waals surface area contributed by atoms with Crippen LogP contribution in [0.1, 0.15) is 5.56 Å². The first-order valence-corrected chi connectivity index (χ1v) is 4.40. The molecule has 0 aliphatic carbocycles. The Kier molecular flexibility index (Phi) is 3.44. The number of hydrogen-bond donors (Lipinski definition) is 2. The Hall–Kier alpha value is -1.69. The summed E-state index contributed by atoms with van der Waals surface area (Å²) in [5, 5.41) is 9.06. The van der Waals surface area contributed by atoms with Crippen molar-refractivity contribution < 1.29 is 23.4 Å². The number of phenols is 1. The van der Waals surface area contributed by atoms with E-state index in [1.165, 1.54) is 12.1 Å².